The van der Waals surface area contributed by atoms with E-state index in [1.807, 2.05) is 20.8 Å². The van der Waals surface area contributed by atoms with Gasteiger partial charge in [0.25, 0.3) is 5.91 Å². The van der Waals surface area contributed by atoms with Gasteiger partial charge < -0.3 is 14.5 Å². The number of benzene rings is 1. The van der Waals surface area contributed by atoms with Crippen molar-refractivity contribution in [2.24, 2.45) is 0 Å². The standard InChI is InChI=1S/C17H24N2O4S/c1-17(2,3)23-16(21)19-11-9-18(10-12-19)15(20)13-5-7-14(8-6-13)24(4)22/h5-8H,9-12H2,1-4H3/t24-/m0/s1. The second kappa shape index (κ2) is 7.34. The molecular weight excluding hydrogens is 328 g/mol. The maximum absolute atomic E-state index is 12.5. The Bertz CT molecular complexity index is 629. The minimum atomic E-state index is -1.06. The van der Waals surface area contributed by atoms with Crippen molar-refractivity contribution in [1.82, 2.24) is 9.80 Å². The molecule has 7 heteroatoms. The first-order valence-corrected chi connectivity index (χ1v) is 9.44. The lowest BCUT2D eigenvalue weighted by molar-refractivity contribution is 0.0141. The molecule has 1 aromatic rings. The molecule has 0 aliphatic carbocycles. The molecule has 1 heterocycles. The summed E-state index contributed by atoms with van der Waals surface area (Å²) in [6.07, 6.45) is 1.26. The van der Waals surface area contributed by atoms with Gasteiger partial charge in [0, 0.05) is 53.7 Å². The van der Waals surface area contributed by atoms with E-state index in [0.717, 1.165) is 0 Å². The van der Waals surface area contributed by atoms with Crippen LogP contribution in [0.4, 0.5) is 4.79 Å². The van der Waals surface area contributed by atoms with Crippen molar-refractivity contribution < 1.29 is 18.5 Å². The van der Waals surface area contributed by atoms with Crippen molar-refractivity contribution in [3.63, 3.8) is 0 Å². The van der Waals surface area contributed by atoms with Crippen LogP contribution in [0.3, 0.4) is 0 Å². The van der Waals surface area contributed by atoms with Crippen LogP contribution in [0.2, 0.25) is 0 Å². The number of hydrogen-bond donors (Lipinski definition) is 0. The minimum absolute atomic E-state index is 0.0766. The zero-order valence-electron chi connectivity index (χ0n) is 14.6. The molecule has 0 N–H and O–H groups in total. The van der Waals surface area contributed by atoms with E-state index in [1.54, 1.807) is 40.3 Å². The Labute approximate surface area is 145 Å². The number of hydrogen-bond acceptors (Lipinski definition) is 4. The molecule has 132 valence electrons. The van der Waals surface area contributed by atoms with E-state index >= 15 is 0 Å². The quantitative estimate of drug-likeness (QED) is 0.818. The Hall–Kier alpha value is -1.89. The highest BCUT2D eigenvalue weighted by Crippen LogP contribution is 2.14. The van der Waals surface area contributed by atoms with Crippen molar-refractivity contribution in [3.05, 3.63) is 29.8 Å². The lowest BCUT2D eigenvalue weighted by atomic mass is 10.2. The highest BCUT2D eigenvalue weighted by atomic mass is 32.2. The summed E-state index contributed by atoms with van der Waals surface area (Å²) in [5, 5.41) is 0. The molecule has 1 atom stereocenters. The van der Waals surface area contributed by atoms with Crippen molar-refractivity contribution in [3.8, 4) is 0 Å². The second-order valence-electron chi connectivity index (χ2n) is 6.74. The van der Waals surface area contributed by atoms with Gasteiger partial charge in [0.05, 0.1) is 0 Å². The molecule has 6 nitrogen and oxygen atoms in total. The lowest BCUT2D eigenvalue weighted by Crippen LogP contribution is -2.51. The third-order valence-corrected chi connectivity index (χ3v) is 4.59. The summed E-state index contributed by atoms with van der Waals surface area (Å²) < 4.78 is 16.7. The topological polar surface area (TPSA) is 66.9 Å². The Morgan fingerprint density at radius 2 is 1.50 bits per heavy atom. The fraction of sp³-hybridized carbons (Fsp3) is 0.529. The zero-order chi connectivity index (χ0) is 17.9. The van der Waals surface area contributed by atoms with Gasteiger partial charge in [-0.2, -0.15) is 0 Å². The van der Waals surface area contributed by atoms with Gasteiger partial charge in [-0.25, -0.2) is 4.79 Å². The molecule has 1 fully saturated rings. The van der Waals surface area contributed by atoms with Crippen LogP contribution in [-0.4, -0.2) is 64.0 Å². The highest BCUT2D eigenvalue weighted by molar-refractivity contribution is 7.84. The molecule has 1 aromatic carbocycles. The molecule has 24 heavy (non-hydrogen) atoms. The molecule has 1 saturated heterocycles. The molecule has 0 saturated carbocycles. The van der Waals surface area contributed by atoms with Gasteiger partial charge in [0.1, 0.15) is 5.60 Å². The smallest absolute Gasteiger partial charge is 0.410 e. The zero-order valence-corrected chi connectivity index (χ0v) is 15.4. The third kappa shape index (κ3) is 4.80. The molecule has 2 amide bonds. The lowest BCUT2D eigenvalue weighted by Gasteiger charge is -2.35. The summed E-state index contributed by atoms with van der Waals surface area (Å²) in [6, 6.07) is 6.80. The van der Waals surface area contributed by atoms with Crippen molar-refractivity contribution >= 4 is 22.8 Å². The van der Waals surface area contributed by atoms with E-state index < -0.39 is 16.4 Å². The monoisotopic (exact) mass is 352 g/mol. The average molecular weight is 352 g/mol. The Kier molecular flexibility index (Phi) is 5.64. The molecule has 1 aliphatic heterocycles. The first-order chi connectivity index (χ1) is 11.2. The van der Waals surface area contributed by atoms with Gasteiger partial charge in [0.15, 0.2) is 0 Å². The third-order valence-electron chi connectivity index (χ3n) is 3.65. The predicted molar refractivity (Wildman–Crippen MR) is 92.5 cm³/mol. The van der Waals surface area contributed by atoms with Crippen LogP contribution in [0.1, 0.15) is 31.1 Å². The molecule has 1 aliphatic rings. The van der Waals surface area contributed by atoms with E-state index in [9.17, 15) is 13.8 Å². The fourth-order valence-electron chi connectivity index (χ4n) is 2.39. The number of amides is 2. The minimum Gasteiger partial charge on any atom is -0.444 e. The Morgan fingerprint density at radius 1 is 1.00 bits per heavy atom. The highest BCUT2D eigenvalue weighted by Gasteiger charge is 2.28. The van der Waals surface area contributed by atoms with Gasteiger partial charge in [-0.3, -0.25) is 9.00 Å². The summed E-state index contributed by atoms with van der Waals surface area (Å²) >= 11 is 0. The molecule has 0 bridgehead atoms. The number of carbonyl (C=O) groups is 2. The number of piperazine rings is 1. The van der Waals surface area contributed by atoms with E-state index in [2.05, 4.69) is 0 Å². The number of ether oxygens (including phenoxy) is 1. The summed E-state index contributed by atoms with van der Waals surface area (Å²) in [4.78, 5) is 28.6. The van der Waals surface area contributed by atoms with Crippen molar-refractivity contribution in [2.75, 3.05) is 32.4 Å². The normalized spacial score (nSPS) is 16.7. The van der Waals surface area contributed by atoms with Crippen LogP contribution in [-0.2, 0) is 15.5 Å². The van der Waals surface area contributed by atoms with Crippen LogP contribution in [0.5, 0.6) is 0 Å². The molecule has 0 aromatic heterocycles. The van der Waals surface area contributed by atoms with E-state index in [0.29, 0.717) is 36.6 Å². The average Bonchev–Trinajstić information content (AvgIpc) is 2.53. The maximum atomic E-state index is 12.5. The number of rotatable bonds is 2. The molecule has 2 rings (SSSR count). The molecule has 0 radical (unpaired) electrons. The van der Waals surface area contributed by atoms with E-state index in [1.165, 1.54) is 0 Å². The Morgan fingerprint density at radius 3 is 1.96 bits per heavy atom. The van der Waals surface area contributed by atoms with Crippen molar-refractivity contribution in [1.29, 1.82) is 0 Å². The van der Waals surface area contributed by atoms with Crippen molar-refractivity contribution in [2.45, 2.75) is 31.3 Å². The first-order valence-electron chi connectivity index (χ1n) is 7.88. The fourth-order valence-corrected chi connectivity index (χ4v) is 2.91. The van der Waals surface area contributed by atoms with Crippen LogP contribution < -0.4 is 0 Å². The van der Waals surface area contributed by atoms with E-state index in [4.69, 9.17) is 4.74 Å². The first kappa shape index (κ1) is 18.4. The van der Waals surface area contributed by atoms with Gasteiger partial charge in [-0.15, -0.1) is 0 Å². The number of carbonyl (C=O) groups excluding carboxylic acids is 2. The molecule has 0 unspecified atom stereocenters. The Balaban J connectivity index is 1.93. The molecule has 0 spiro atoms. The second-order valence-corrected chi connectivity index (χ2v) is 8.12. The largest absolute Gasteiger partial charge is 0.444 e. The van der Waals surface area contributed by atoms with E-state index in [-0.39, 0.29) is 12.0 Å². The maximum Gasteiger partial charge on any atom is 0.410 e. The number of nitrogens with zero attached hydrogens (tertiary/aromatic N) is 2. The van der Waals surface area contributed by atoms with Crippen LogP contribution in [0, 0.1) is 0 Å². The summed E-state index contributed by atoms with van der Waals surface area (Å²) in [5.41, 5.74) is 0.0421. The van der Waals surface area contributed by atoms with Gasteiger partial charge >= 0.3 is 6.09 Å². The van der Waals surface area contributed by atoms with Gasteiger partial charge in [-0.1, -0.05) is 0 Å². The summed E-state index contributed by atoms with van der Waals surface area (Å²) in [5.74, 6) is -0.0766. The van der Waals surface area contributed by atoms with Gasteiger partial charge in [-0.05, 0) is 45.0 Å². The summed E-state index contributed by atoms with van der Waals surface area (Å²) in [7, 11) is -1.06. The van der Waals surface area contributed by atoms with Crippen LogP contribution >= 0.6 is 0 Å². The predicted octanol–water partition coefficient (Wildman–Crippen LogP) is 2.12. The summed E-state index contributed by atoms with van der Waals surface area (Å²) in [6.45, 7) is 7.35. The van der Waals surface area contributed by atoms with Gasteiger partial charge in [0.2, 0.25) is 0 Å². The van der Waals surface area contributed by atoms with Crippen LogP contribution in [0.25, 0.3) is 0 Å². The SMILES string of the molecule is C[S@](=O)c1ccc(C(=O)N2CCN(C(=O)OC(C)(C)C)CC2)cc1. The molecular formula is C17H24N2O4S. The van der Waals surface area contributed by atoms with Crippen LogP contribution in [0.15, 0.2) is 29.2 Å².